The Bertz CT molecular complexity index is 1800. The van der Waals surface area contributed by atoms with Crippen molar-refractivity contribution >= 4 is 22.5 Å². The van der Waals surface area contributed by atoms with Gasteiger partial charge in [-0.1, -0.05) is 36.1 Å². The van der Waals surface area contributed by atoms with Crippen LogP contribution in [0.2, 0.25) is 0 Å². The number of fused-ring (bicyclic) bond motifs is 2. The quantitative estimate of drug-likeness (QED) is 0.362. The molecule has 5 rings (SSSR count). The Hall–Kier alpha value is -4.81. The fourth-order valence-electron chi connectivity index (χ4n) is 4.29. The molecule has 5 aromatic rings. The second kappa shape index (κ2) is 9.57. The molecule has 0 aliphatic heterocycles. The fraction of sp³-hybridized carbons (Fsp3) is 0.207. The minimum absolute atomic E-state index is 0.286. The van der Waals surface area contributed by atoms with Gasteiger partial charge in [-0.2, -0.15) is 5.10 Å². The molecule has 9 nitrogen and oxygen atoms in total. The average Bonchev–Trinajstić information content (AvgIpc) is 3.23. The van der Waals surface area contributed by atoms with Crippen LogP contribution < -0.4 is 16.6 Å². The number of aryl methyl sites for hydroxylation is 1. The van der Waals surface area contributed by atoms with Crippen LogP contribution in [0.1, 0.15) is 54.3 Å². The lowest BCUT2D eigenvalue weighted by Gasteiger charge is -2.20. The molecule has 0 aliphatic carbocycles. The highest BCUT2D eigenvalue weighted by Crippen LogP contribution is 2.21. The highest BCUT2D eigenvalue weighted by Gasteiger charge is 2.24. The van der Waals surface area contributed by atoms with E-state index in [1.165, 1.54) is 4.57 Å². The largest absolute Gasteiger partial charge is 0.342 e. The van der Waals surface area contributed by atoms with E-state index >= 15 is 0 Å². The normalized spacial score (nSPS) is 12.2. The van der Waals surface area contributed by atoms with Crippen molar-refractivity contribution in [3.05, 3.63) is 100.0 Å². The van der Waals surface area contributed by atoms with Crippen molar-refractivity contribution < 1.29 is 4.79 Å². The summed E-state index contributed by atoms with van der Waals surface area (Å²) in [5.41, 5.74) is 8.06. The lowest BCUT2D eigenvalue weighted by molar-refractivity contribution is 0.0938. The van der Waals surface area contributed by atoms with E-state index in [1.54, 1.807) is 68.9 Å². The highest BCUT2D eigenvalue weighted by atomic mass is 16.2. The number of para-hydroxylation sites is 1. The molecular formula is C29H27N7O2. The van der Waals surface area contributed by atoms with Crippen LogP contribution in [0.25, 0.3) is 22.2 Å². The maximum absolute atomic E-state index is 14.0. The predicted molar refractivity (Wildman–Crippen MR) is 146 cm³/mol. The zero-order valence-electron chi connectivity index (χ0n) is 21.6. The molecule has 0 bridgehead atoms. The van der Waals surface area contributed by atoms with Crippen LogP contribution in [0.5, 0.6) is 0 Å². The van der Waals surface area contributed by atoms with Gasteiger partial charge in [0.1, 0.15) is 11.4 Å². The molecule has 38 heavy (non-hydrogen) atoms. The van der Waals surface area contributed by atoms with E-state index in [2.05, 4.69) is 27.2 Å². The van der Waals surface area contributed by atoms with Crippen molar-refractivity contribution in [2.24, 2.45) is 5.73 Å². The lowest BCUT2D eigenvalue weighted by atomic mass is 10.1. The minimum Gasteiger partial charge on any atom is -0.342 e. The third kappa shape index (κ3) is 4.65. The molecule has 0 saturated heterocycles. The van der Waals surface area contributed by atoms with Crippen LogP contribution in [0.3, 0.4) is 0 Å². The van der Waals surface area contributed by atoms with Gasteiger partial charge in [0.2, 0.25) is 0 Å². The summed E-state index contributed by atoms with van der Waals surface area (Å²) in [6, 6.07) is 15.7. The Labute approximate surface area is 219 Å². The lowest BCUT2D eigenvalue weighted by Crippen LogP contribution is -2.33. The number of carbonyl (C=O) groups excluding carboxylic acids is 1. The van der Waals surface area contributed by atoms with Crippen molar-refractivity contribution in [2.75, 3.05) is 0 Å². The molecule has 3 N–H and O–H groups in total. The Kier molecular flexibility index (Phi) is 6.27. The topological polar surface area (TPSA) is 120 Å². The molecular weight excluding hydrogens is 478 g/mol. The summed E-state index contributed by atoms with van der Waals surface area (Å²) in [7, 11) is 0. The predicted octanol–water partition coefficient (Wildman–Crippen LogP) is 3.32. The number of nitrogens with two attached hydrogens (primary N) is 1. The van der Waals surface area contributed by atoms with Crippen LogP contribution in [-0.2, 0) is 0 Å². The maximum Gasteiger partial charge on any atom is 0.267 e. The SMILES string of the molecule is Cc1nn2cccnc2c1C(=O)NC(C)c1nc2cccc(C#CC(C)(C)N)c2c(=O)n1-c1ccccc1. The first kappa shape index (κ1) is 24.9. The van der Waals surface area contributed by atoms with Crippen LogP contribution in [0, 0.1) is 18.8 Å². The van der Waals surface area contributed by atoms with Gasteiger partial charge in [-0.25, -0.2) is 14.5 Å². The second-order valence-corrected chi connectivity index (χ2v) is 9.66. The summed E-state index contributed by atoms with van der Waals surface area (Å²) >= 11 is 0. The van der Waals surface area contributed by atoms with E-state index < -0.39 is 11.6 Å². The summed E-state index contributed by atoms with van der Waals surface area (Å²) in [6.07, 6.45) is 3.35. The molecule has 2 aromatic carbocycles. The van der Waals surface area contributed by atoms with Crippen molar-refractivity contribution in [1.29, 1.82) is 0 Å². The van der Waals surface area contributed by atoms with Gasteiger partial charge in [0.25, 0.3) is 11.5 Å². The molecule has 3 aromatic heterocycles. The second-order valence-electron chi connectivity index (χ2n) is 9.66. The van der Waals surface area contributed by atoms with Gasteiger partial charge in [0, 0.05) is 18.0 Å². The van der Waals surface area contributed by atoms with Gasteiger partial charge in [-0.15, -0.1) is 0 Å². The molecule has 0 aliphatic rings. The molecule has 1 unspecified atom stereocenters. The molecule has 3 heterocycles. The third-order valence-electron chi connectivity index (χ3n) is 5.99. The highest BCUT2D eigenvalue weighted by molar-refractivity contribution is 6.01. The average molecular weight is 506 g/mol. The zero-order valence-corrected chi connectivity index (χ0v) is 21.6. The first-order chi connectivity index (χ1) is 18.1. The summed E-state index contributed by atoms with van der Waals surface area (Å²) in [6.45, 7) is 7.15. The van der Waals surface area contributed by atoms with E-state index in [4.69, 9.17) is 10.7 Å². The van der Waals surface area contributed by atoms with Gasteiger partial charge in [0.15, 0.2) is 5.65 Å². The van der Waals surface area contributed by atoms with Gasteiger partial charge in [0.05, 0.1) is 33.9 Å². The van der Waals surface area contributed by atoms with E-state index in [0.717, 1.165) is 0 Å². The Morgan fingerprint density at radius 2 is 1.87 bits per heavy atom. The molecule has 0 spiro atoms. The Morgan fingerprint density at radius 3 is 2.61 bits per heavy atom. The van der Waals surface area contributed by atoms with Crippen LogP contribution >= 0.6 is 0 Å². The summed E-state index contributed by atoms with van der Waals surface area (Å²) in [5.74, 6) is 6.08. The zero-order chi connectivity index (χ0) is 27.0. The van der Waals surface area contributed by atoms with Crippen molar-refractivity contribution in [1.82, 2.24) is 29.5 Å². The molecule has 1 amide bonds. The van der Waals surface area contributed by atoms with Crippen LogP contribution in [-0.4, -0.2) is 35.6 Å². The maximum atomic E-state index is 14.0. The van der Waals surface area contributed by atoms with Gasteiger partial charge in [-0.05, 0) is 58.0 Å². The first-order valence-corrected chi connectivity index (χ1v) is 12.2. The molecule has 1 atom stereocenters. The molecule has 0 fully saturated rings. The summed E-state index contributed by atoms with van der Waals surface area (Å²) in [4.78, 5) is 36.6. The number of rotatable bonds is 4. The Morgan fingerprint density at radius 1 is 1.11 bits per heavy atom. The van der Waals surface area contributed by atoms with Gasteiger partial charge in [-0.3, -0.25) is 14.2 Å². The van der Waals surface area contributed by atoms with Crippen molar-refractivity contribution in [3.8, 4) is 17.5 Å². The van der Waals surface area contributed by atoms with Gasteiger partial charge >= 0.3 is 0 Å². The molecule has 0 saturated carbocycles. The van der Waals surface area contributed by atoms with E-state index in [-0.39, 0.29) is 11.5 Å². The third-order valence-corrected chi connectivity index (χ3v) is 5.99. The summed E-state index contributed by atoms with van der Waals surface area (Å²) in [5, 5.41) is 7.76. The number of nitrogens with zero attached hydrogens (tertiary/aromatic N) is 5. The van der Waals surface area contributed by atoms with Crippen molar-refractivity contribution in [2.45, 2.75) is 39.3 Å². The smallest absolute Gasteiger partial charge is 0.267 e. The fourth-order valence-corrected chi connectivity index (χ4v) is 4.29. The van der Waals surface area contributed by atoms with Gasteiger partial charge < -0.3 is 11.1 Å². The minimum atomic E-state index is -0.724. The van der Waals surface area contributed by atoms with Crippen LogP contribution in [0.4, 0.5) is 0 Å². The van der Waals surface area contributed by atoms with Crippen molar-refractivity contribution in [3.63, 3.8) is 0 Å². The van der Waals surface area contributed by atoms with E-state index in [0.29, 0.717) is 44.9 Å². The standard InChI is InChI=1S/C29H27N7O2/c1-18-23(26-31-16-9-17-35(26)34-18)27(37)32-19(2)25-33-22-13-8-10-20(14-15-29(3,4)30)24(22)28(38)36(25)21-11-6-5-7-12-21/h5-13,16-17,19H,30H2,1-4H3,(H,32,37). The number of amides is 1. The molecule has 0 radical (unpaired) electrons. The number of nitrogens with one attached hydrogen (secondary N) is 1. The Balaban J connectivity index is 1.66. The molecule has 190 valence electrons. The van der Waals surface area contributed by atoms with Crippen LogP contribution in [0.15, 0.2) is 71.8 Å². The monoisotopic (exact) mass is 505 g/mol. The number of aromatic nitrogens is 5. The van der Waals surface area contributed by atoms with E-state index in [1.807, 2.05) is 30.3 Å². The number of benzene rings is 2. The number of carbonyl (C=O) groups is 1. The van der Waals surface area contributed by atoms with E-state index in [9.17, 15) is 9.59 Å². The number of hydrogen-bond acceptors (Lipinski definition) is 6. The summed E-state index contributed by atoms with van der Waals surface area (Å²) < 4.78 is 3.08. The first-order valence-electron chi connectivity index (χ1n) is 12.2. The number of hydrogen-bond donors (Lipinski definition) is 2. The molecule has 9 heteroatoms.